The van der Waals surface area contributed by atoms with Crippen molar-refractivity contribution in [3.63, 3.8) is 0 Å². The largest absolute Gasteiger partial charge is 0.338 e. The number of amides is 1. The van der Waals surface area contributed by atoms with Crippen molar-refractivity contribution in [3.05, 3.63) is 71.8 Å². The van der Waals surface area contributed by atoms with Gasteiger partial charge in [-0.3, -0.25) is 4.79 Å². The summed E-state index contributed by atoms with van der Waals surface area (Å²) < 4.78 is 5.96. The summed E-state index contributed by atoms with van der Waals surface area (Å²) in [6.45, 7) is 9.24. The van der Waals surface area contributed by atoms with Crippen molar-refractivity contribution in [2.75, 3.05) is 44.7 Å². The summed E-state index contributed by atoms with van der Waals surface area (Å²) in [5, 5.41) is 4.49. The first-order valence-corrected chi connectivity index (χ1v) is 11.8. The molecule has 1 aliphatic heterocycles. The molecule has 0 radical (unpaired) electrons. The summed E-state index contributed by atoms with van der Waals surface area (Å²) in [7, 11) is 2.14. The van der Waals surface area contributed by atoms with Crippen LogP contribution in [0.3, 0.4) is 0 Å². The van der Waals surface area contributed by atoms with Crippen molar-refractivity contribution in [2.24, 2.45) is 5.92 Å². The zero-order chi connectivity index (χ0) is 23.2. The highest BCUT2D eigenvalue weighted by atomic mass is 16.5. The van der Waals surface area contributed by atoms with Gasteiger partial charge >= 0.3 is 0 Å². The second-order valence-electron chi connectivity index (χ2n) is 9.25. The molecule has 3 aromatic rings. The summed E-state index contributed by atoms with van der Waals surface area (Å²) in [4.78, 5) is 20.1. The van der Waals surface area contributed by atoms with Crippen molar-refractivity contribution < 1.29 is 9.32 Å². The van der Waals surface area contributed by atoms with Crippen LogP contribution in [0, 0.1) is 5.92 Å². The van der Waals surface area contributed by atoms with E-state index in [1.54, 1.807) is 0 Å². The topological polar surface area (TPSA) is 52.8 Å². The molecule has 0 aliphatic carbocycles. The van der Waals surface area contributed by atoms with Crippen molar-refractivity contribution in [2.45, 2.75) is 26.8 Å². The lowest BCUT2D eigenvalue weighted by Gasteiger charge is -2.33. The molecule has 0 atom stereocenters. The Morgan fingerprint density at radius 2 is 1.64 bits per heavy atom. The third kappa shape index (κ3) is 5.63. The van der Waals surface area contributed by atoms with Crippen LogP contribution in [-0.2, 0) is 6.54 Å². The van der Waals surface area contributed by atoms with Gasteiger partial charge in [0, 0.05) is 43.9 Å². The summed E-state index contributed by atoms with van der Waals surface area (Å²) >= 11 is 0. The molecule has 0 spiro atoms. The zero-order valence-electron chi connectivity index (χ0n) is 19.9. The Morgan fingerprint density at radius 3 is 2.27 bits per heavy atom. The van der Waals surface area contributed by atoms with Gasteiger partial charge in [0.1, 0.15) is 5.69 Å². The van der Waals surface area contributed by atoms with Crippen LogP contribution in [-0.4, -0.2) is 60.6 Å². The van der Waals surface area contributed by atoms with Gasteiger partial charge in [-0.1, -0.05) is 67.5 Å². The number of piperazine rings is 1. The minimum absolute atomic E-state index is 0.0424. The minimum Gasteiger partial charge on any atom is -0.338 e. The third-order valence-corrected chi connectivity index (χ3v) is 6.24. The third-order valence-electron chi connectivity index (χ3n) is 6.24. The second kappa shape index (κ2) is 10.7. The molecule has 33 heavy (non-hydrogen) atoms. The van der Waals surface area contributed by atoms with E-state index in [9.17, 15) is 4.79 Å². The maximum atomic E-state index is 13.5. The average Bonchev–Trinajstić information content (AvgIpc) is 3.26. The van der Waals surface area contributed by atoms with Crippen LogP contribution in [0.2, 0.25) is 0 Å². The fourth-order valence-electron chi connectivity index (χ4n) is 4.14. The number of aromatic nitrogens is 1. The van der Waals surface area contributed by atoms with E-state index < -0.39 is 0 Å². The highest BCUT2D eigenvalue weighted by Gasteiger charge is 2.28. The Kier molecular flexibility index (Phi) is 7.45. The van der Waals surface area contributed by atoms with E-state index in [1.165, 1.54) is 0 Å². The van der Waals surface area contributed by atoms with Gasteiger partial charge in [0.05, 0.1) is 12.1 Å². The first-order chi connectivity index (χ1) is 16.0. The Hall–Kier alpha value is -3.12. The monoisotopic (exact) mass is 446 g/mol. The Morgan fingerprint density at radius 1 is 1.00 bits per heavy atom. The number of nitrogens with zero attached hydrogens (tertiary/aromatic N) is 4. The maximum Gasteiger partial charge on any atom is 0.254 e. The quantitative estimate of drug-likeness (QED) is 0.498. The highest BCUT2D eigenvalue weighted by Crippen LogP contribution is 2.33. The van der Waals surface area contributed by atoms with Gasteiger partial charge < -0.3 is 19.2 Å². The average molecular weight is 447 g/mol. The summed E-state index contributed by atoms with van der Waals surface area (Å²) in [6.07, 6.45) is 0.939. The number of rotatable bonds is 8. The van der Waals surface area contributed by atoms with Gasteiger partial charge in [0.15, 0.2) is 0 Å². The smallest absolute Gasteiger partial charge is 0.254 e. The molecule has 2 aromatic carbocycles. The molecule has 1 aliphatic rings. The standard InChI is InChI=1S/C27H34N4O2/c1-21(2)14-15-31(26(32)23-12-8-5-9-13-23)20-24-25(22-10-6-4-7-11-22)28-33-27(24)30-18-16-29(3)17-19-30/h4-13,21H,14-20H2,1-3H3. The summed E-state index contributed by atoms with van der Waals surface area (Å²) in [5.41, 5.74) is 3.52. The number of likely N-dealkylation sites (N-methyl/N-ethyl adjacent to an activating group) is 1. The van der Waals surface area contributed by atoms with E-state index in [0.29, 0.717) is 24.6 Å². The van der Waals surface area contributed by atoms with Crippen molar-refractivity contribution in [1.29, 1.82) is 0 Å². The maximum absolute atomic E-state index is 13.5. The molecule has 1 amide bonds. The first kappa shape index (κ1) is 23.1. The highest BCUT2D eigenvalue weighted by molar-refractivity contribution is 5.94. The predicted molar refractivity (Wildman–Crippen MR) is 132 cm³/mol. The van der Waals surface area contributed by atoms with Crippen LogP contribution >= 0.6 is 0 Å². The van der Waals surface area contributed by atoms with Crippen LogP contribution in [0.4, 0.5) is 5.88 Å². The van der Waals surface area contributed by atoms with Crippen LogP contribution in [0.25, 0.3) is 11.3 Å². The molecule has 6 nitrogen and oxygen atoms in total. The van der Waals surface area contributed by atoms with E-state index in [1.807, 2.05) is 65.6 Å². The van der Waals surface area contributed by atoms with Gasteiger partial charge in [-0.2, -0.15) is 0 Å². The van der Waals surface area contributed by atoms with Gasteiger partial charge in [0.25, 0.3) is 5.91 Å². The number of anilines is 1. The molecule has 0 unspecified atom stereocenters. The van der Waals surface area contributed by atoms with E-state index in [-0.39, 0.29) is 5.91 Å². The number of hydrogen-bond donors (Lipinski definition) is 0. The second-order valence-corrected chi connectivity index (χ2v) is 9.25. The Bertz CT molecular complexity index is 1020. The fraction of sp³-hybridized carbons (Fsp3) is 0.407. The molecule has 174 valence electrons. The van der Waals surface area contributed by atoms with Crippen molar-refractivity contribution in [1.82, 2.24) is 15.0 Å². The zero-order valence-corrected chi connectivity index (χ0v) is 19.9. The molecule has 6 heteroatoms. The van der Waals surface area contributed by atoms with Gasteiger partial charge in [-0.15, -0.1) is 0 Å². The fourth-order valence-corrected chi connectivity index (χ4v) is 4.14. The molecular weight excluding hydrogens is 412 g/mol. The van der Waals surface area contributed by atoms with E-state index in [0.717, 1.165) is 55.3 Å². The molecular formula is C27H34N4O2. The normalized spacial score (nSPS) is 14.6. The molecule has 1 saturated heterocycles. The number of hydrogen-bond acceptors (Lipinski definition) is 5. The number of carbonyl (C=O) groups excluding carboxylic acids is 1. The molecule has 2 heterocycles. The molecule has 0 N–H and O–H groups in total. The Labute approximate surface area is 196 Å². The van der Waals surface area contributed by atoms with Gasteiger partial charge in [0.2, 0.25) is 5.88 Å². The van der Waals surface area contributed by atoms with Gasteiger partial charge in [-0.05, 0) is 31.5 Å². The number of carbonyl (C=O) groups is 1. The molecule has 4 rings (SSSR count). The van der Waals surface area contributed by atoms with Crippen LogP contribution in [0.1, 0.15) is 36.2 Å². The van der Waals surface area contributed by atoms with E-state index >= 15 is 0 Å². The van der Waals surface area contributed by atoms with Crippen LogP contribution in [0.5, 0.6) is 0 Å². The van der Waals surface area contributed by atoms with Gasteiger partial charge in [-0.25, -0.2) is 0 Å². The number of benzene rings is 2. The molecule has 1 aromatic heterocycles. The Balaban J connectivity index is 1.70. The minimum atomic E-state index is 0.0424. The first-order valence-electron chi connectivity index (χ1n) is 11.8. The summed E-state index contributed by atoms with van der Waals surface area (Å²) in [5.74, 6) is 1.34. The lowest BCUT2D eigenvalue weighted by molar-refractivity contribution is 0.0735. The van der Waals surface area contributed by atoms with Crippen LogP contribution < -0.4 is 4.90 Å². The SMILES string of the molecule is CC(C)CCN(Cc1c(-c2ccccc2)noc1N1CCN(C)CC1)C(=O)c1ccccc1. The predicted octanol–water partition coefficient (Wildman–Crippen LogP) is 4.78. The molecule has 0 saturated carbocycles. The summed E-state index contributed by atoms with van der Waals surface area (Å²) in [6, 6.07) is 19.7. The lowest BCUT2D eigenvalue weighted by Crippen LogP contribution is -2.45. The van der Waals surface area contributed by atoms with E-state index in [2.05, 4.69) is 35.9 Å². The molecule has 0 bridgehead atoms. The van der Waals surface area contributed by atoms with Crippen LogP contribution in [0.15, 0.2) is 65.2 Å². The lowest BCUT2D eigenvalue weighted by atomic mass is 10.0. The van der Waals surface area contributed by atoms with Crippen molar-refractivity contribution in [3.8, 4) is 11.3 Å². The van der Waals surface area contributed by atoms with E-state index in [4.69, 9.17) is 4.52 Å². The van der Waals surface area contributed by atoms with Crippen molar-refractivity contribution >= 4 is 11.8 Å². The molecule has 1 fully saturated rings.